The molecule has 3 aliphatic rings. The van der Waals surface area contributed by atoms with Crippen LogP contribution >= 0.6 is 23.2 Å². The Kier molecular flexibility index (Phi) is 23.2. The van der Waals surface area contributed by atoms with Gasteiger partial charge >= 0.3 is 0 Å². The highest BCUT2D eigenvalue weighted by atomic mass is 35.5. The molecular formula is C55H68Cl2N10O10. The van der Waals surface area contributed by atoms with Gasteiger partial charge in [0.1, 0.15) is 36.6 Å². The first kappa shape index (κ1) is 60.8. The minimum atomic E-state index is -1.06. The predicted octanol–water partition coefficient (Wildman–Crippen LogP) is 5.89. The van der Waals surface area contributed by atoms with Gasteiger partial charge in [-0.3, -0.25) is 43.4 Å². The van der Waals surface area contributed by atoms with E-state index in [-0.39, 0.29) is 64.7 Å². The molecule has 0 spiro atoms. The molecule has 0 bridgehead atoms. The summed E-state index contributed by atoms with van der Waals surface area (Å²) in [4.78, 5) is 111. The summed E-state index contributed by atoms with van der Waals surface area (Å²) in [5.74, 6) is -1.29. The van der Waals surface area contributed by atoms with Crippen molar-refractivity contribution >= 4 is 72.0 Å². The lowest BCUT2D eigenvalue weighted by Crippen LogP contribution is -2.48. The number of rotatable bonds is 23. The van der Waals surface area contributed by atoms with E-state index in [1.165, 1.54) is 94.8 Å². The van der Waals surface area contributed by atoms with Crippen LogP contribution in [-0.2, 0) is 19.2 Å². The number of nitrogens with one attached hydrogen (secondary N) is 3. The van der Waals surface area contributed by atoms with Gasteiger partial charge in [0.25, 0.3) is 17.7 Å². The van der Waals surface area contributed by atoms with Crippen LogP contribution < -0.4 is 25.4 Å². The maximum atomic E-state index is 14.0. The first-order valence-corrected chi connectivity index (χ1v) is 26.0. The van der Waals surface area contributed by atoms with Crippen LogP contribution in [0.5, 0.6) is 11.6 Å². The number of halogens is 2. The normalized spacial score (nSPS) is 15.9. The summed E-state index contributed by atoms with van der Waals surface area (Å²) in [5, 5.41) is 9.74. The zero-order valence-corrected chi connectivity index (χ0v) is 46.2. The maximum Gasteiger partial charge on any atom is 0.279 e. The van der Waals surface area contributed by atoms with Crippen molar-refractivity contribution in [3.63, 3.8) is 0 Å². The third kappa shape index (κ3) is 15.1. The number of amides is 4. The number of carbonyl (C=O) groups excluding carboxylic acids is 8. The number of likely N-dealkylation sites (tertiary alicyclic amines) is 1. The average molecular weight is 1100 g/mol. The minimum Gasteiger partial charge on any atom is -0.486 e. The number of hydrogen-bond acceptors (Lipinski definition) is 16. The number of unbranched alkanes of at least 4 members (excludes halogenated alkanes) is 1. The molecule has 2 atom stereocenters. The average Bonchev–Trinajstić information content (AvgIpc) is 4.04. The summed E-state index contributed by atoms with van der Waals surface area (Å²) < 4.78 is 12.5. The van der Waals surface area contributed by atoms with Crippen LogP contribution in [0.15, 0.2) is 77.7 Å². The van der Waals surface area contributed by atoms with Crippen LogP contribution in [0, 0.1) is 0 Å². The Morgan fingerprint density at radius 1 is 0.909 bits per heavy atom. The van der Waals surface area contributed by atoms with E-state index in [2.05, 4.69) is 32.9 Å². The second-order valence-electron chi connectivity index (χ2n) is 18.6. The van der Waals surface area contributed by atoms with E-state index in [0.29, 0.717) is 58.4 Å². The van der Waals surface area contributed by atoms with E-state index in [1.54, 1.807) is 55.5 Å². The summed E-state index contributed by atoms with van der Waals surface area (Å²) in [5.41, 5.74) is 2.57. The number of hydrogen-bond donors (Lipinski definition) is 3. The molecule has 22 heteroatoms. The SMILES string of the molecule is CNC(=O)C(CCC=O)N1C(=O)c2ccc(OCC=O)cc2C1=O.CNCCCCN1CCC(NC)CC1.COc1ncc(C=O)cc1-c1nc2c(n1C(C)C)C(c1ccc(Cl)cc1)N(/C(C=O)=C/C(Cl)=C\N(C)C)C2=O. The number of imidazole rings is 1. The molecule has 2 aromatic heterocycles. The smallest absolute Gasteiger partial charge is 0.279 e. The fourth-order valence-electron chi connectivity index (χ4n) is 9.18. The zero-order valence-electron chi connectivity index (χ0n) is 44.7. The zero-order chi connectivity index (χ0) is 56.3. The molecule has 4 aromatic rings. The van der Waals surface area contributed by atoms with E-state index >= 15 is 0 Å². The molecule has 0 saturated carbocycles. The molecule has 3 aliphatic heterocycles. The number of likely N-dealkylation sites (N-methyl/N-ethyl adjacent to an activating group) is 1. The van der Waals surface area contributed by atoms with E-state index < -0.39 is 35.7 Å². The molecule has 5 heterocycles. The number of aromatic nitrogens is 3. The molecular weight excluding hydrogens is 1030 g/mol. The third-order valence-corrected chi connectivity index (χ3v) is 13.3. The number of allylic oxidation sites excluding steroid dienone is 3. The highest BCUT2D eigenvalue weighted by Crippen LogP contribution is 2.45. The fourth-order valence-corrected chi connectivity index (χ4v) is 9.62. The molecule has 1 saturated heterocycles. The molecule has 1 fully saturated rings. The number of nitrogens with zero attached hydrogens (tertiary/aromatic N) is 7. The molecule has 3 N–H and O–H groups in total. The molecule has 0 aliphatic carbocycles. The first-order valence-electron chi connectivity index (χ1n) is 25.2. The topological polar surface area (TPSA) is 235 Å². The molecule has 2 unspecified atom stereocenters. The van der Waals surface area contributed by atoms with Crippen LogP contribution in [0.25, 0.3) is 11.4 Å². The molecule has 77 heavy (non-hydrogen) atoms. The molecule has 0 radical (unpaired) electrons. The van der Waals surface area contributed by atoms with Gasteiger partial charge in [0.05, 0.1) is 40.2 Å². The number of piperidine rings is 1. The van der Waals surface area contributed by atoms with Gasteiger partial charge < -0.3 is 44.6 Å². The van der Waals surface area contributed by atoms with E-state index in [4.69, 9.17) is 37.7 Å². The van der Waals surface area contributed by atoms with Gasteiger partial charge in [0.2, 0.25) is 11.8 Å². The maximum absolute atomic E-state index is 14.0. The molecule has 7 rings (SSSR count). The lowest BCUT2D eigenvalue weighted by molar-refractivity contribution is -0.124. The Hall–Kier alpha value is -7.10. The number of aldehydes is 4. The van der Waals surface area contributed by atoms with Crippen LogP contribution in [0.2, 0.25) is 5.02 Å². The van der Waals surface area contributed by atoms with Crippen molar-refractivity contribution in [1.29, 1.82) is 0 Å². The number of pyridine rings is 1. The standard InChI is InChI=1S/C28H27Cl2N5O4.C16H16N2O6.C11H25N3/c1-16(2)34-25-23(32-26(34)22-10-17(14-36)12-31-27(22)39-5)28(38)35(21(15-37)11-20(30)13-33(3)4)24(25)18-6-8-19(29)9-7-18;1-17-14(21)13(3-2-6-19)18-15(22)11-5-4-10(24-8-7-20)9-12(11)16(18)23;1-12-7-3-4-8-14-9-5-11(13-2)6-10-14/h6-16,24H,1-5H3;4-7,9,13H,2-3,8H2,1H3,(H,17,21);11-13H,3-10H2,1-2H3/b20-13+,21-11+;;. The summed E-state index contributed by atoms with van der Waals surface area (Å²) in [6, 6.07) is 11.7. The summed E-state index contributed by atoms with van der Waals surface area (Å²) in [6.07, 6.45) is 12.3. The van der Waals surface area contributed by atoms with Gasteiger partial charge in [-0.05, 0) is 134 Å². The first-order chi connectivity index (χ1) is 37.0. The lowest BCUT2D eigenvalue weighted by atomic mass is 10.0. The monoisotopic (exact) mass is 1100 g/mol. The largest absolute Gasteiger partial charge is 0.486 e. The van der Waals surface area contributed by atoms with E-state index in [9.17, 15) is 38.4 Å². The lowest BCUT2D eigenvalue weighted by Gasteiger charge is -2.31. The van der Waals surface area contributed by atoms with Gasteiger partial charge in [0, 0.05) is 62.6 Å². The van der Waals surface area contributed by atoms with Gasteiger partial charge in [-0.25, -0.2) is 9.97 Å². The Labute approximate surface area is 459 Å². The van der Waals surface area contributed by atoms with Gasteiger partial charge in [0.15, 0.2) is 24.6 Å². The Morgan fingerprint density at radius 3 is 2.19 bits per heavy atom. The fraction of sp³-hybridized carbons (Fsp3) is 0.418. The van der Waals surface area contributed by atoms with Gasteiger partial charge in [-0.2, -0.15) is 0 Å². The van der Waals surface area contributed by atoms with Gasteiger partial charge in [-0.15, -0.1) is 0 Å². The second kappa shape index (κ2) is 29.4. The molecule has 20 nitrogen and oxygen atoms in total. The van der Waals surface area contributed by atoms with Crippen LogP contribution in [0.1, 0.15) is 117 Å². The number of imide groups is 1. The van der Waals surface area contributed by atoms with Crippen molar-refractivity contribution in [3.05, 3.63) is 116 Å². The molecule has 2 aromatic carbocycles. The minimum absolute atomic E-state index is 0.0409. The summed E-state index contributed by atoms with van der Waals surface area (Å²) in [7, 11) is 10.6. The Morgan fingerprint density at radius 2 is 1.61 bits per heavy atom. The van der Waals surface area contributed by atoms with Crippen molar-refractivity contribution in [1.82, 2.24) is 50.1 Å². The highest BCUT2D eigenvalue weighted by molar-refractivity contribution is 6.31. The van der Waals surface area contributed by atoms with Crippen molar-refractivity contribution in [2.75, 3.05) is 75.1 Å². The third-order valence-electron chi connectivity index (χ3n) is 12.9. The van der Waals surface area contributed by atoms with Crippen LogP contribution in [0.4, 0.5) is 0 Å². The Bertz CT molecular complexity index is 2810. The summed E-state index contributed by atoms with van der Waals surface area (Å²) in [6.45, 7) is 8.74. The molecule has 4 amide bonds. The van der Waals surface area contributed by atoms with E-state index in [0.717, 1.165) is 17.5 Å². The molecule has 412 valence electrons. The highest BCUT2D eigenvalue weighted by Gasteiger charge is 2.46. The van der Waals surface area contributed by atoms with Crippen molar-refractivity contribution in [3.8, 4) is 23.0 Å². The quantitative estimate of drug-likeness (QED) is 0.0258. The number of methoxy groups -OCH3 is 1. The Balaban J connectivity index is 0.000000243. The number of fused-ring (bicyclic) bond motifs is 2. The van der Waals surface area contributed by atoms with Crippen LogP contribution in [-0.4, -0.2) is 170 Å². The van der Waals surface area contributed by atoms with Crippen molar-refractivity contribution < 1.29 is 47.8 Å². The van der Waals surface area contributed by atoms with Crippen molar-refractivity contribution in [2.45, 2.75) is 76.5 Å². The summed E-state index contributed by atoms with van der Waals surface area (Å²) >= 11 is 12.6. The van der Waals surface area contributed by atoms with Gasteiger partial charge in [-0.1, -0.05) is 35.3 Å². The van der Waals surface area contributed by atoms with Crippen molar-refractivity contribution in [2.24, 2.45) is 0 Å². The number of carbonyl (C=O) groups is 8. The number of ether oxygens (including phenoxy) is 2. The number of benzene rings is 2. The second-order valence-corrected chi connectivity index (χ2v) is 19.5. The van der Waals surface area contributed by atoms with Crippen LogP contribution in [0.3, 0.4) is 0 Å². The predicted molar refractivity (Wildman–Crippen MR) is 292 cm³/mol. The van der Waals surface area contributed by atoms with E-state index in [1.807, 2.05) is 25.5 Å².